The van der Waals surface area contributed by atoms with Gasteiger partial charge in [-0.1, -0.05) is 55.3 Å². The van der Waals surface area contributed by atoms with Crippen LogP contribution in [0.3, 0.4) is 0 Å². The van der Waals surface area contributed by atoms with Crippen LogP contribution in [0.2, 0.25) is 0 Å². The highest BCUT2D eigenvalue weighted by atomic mass is 16.5. The highest BCUT2D eigenvalue weighted by molar-refractivity contribution is 6.06. The first-order chi connectivity index (χ1) is 17.3. The van der Waals surface area contributed by atoms with Crippen LogP contribution >= 0.6 is 0 Å². The van der Waals surface area contributed by atoms with Gasteiger partial charge in [0.15, 0.2) is 5.82 Å². The molecule has 0 spiro atoms. The second-order valence-electron chi connectivity index (χ2n) is 8.62. The van der Waals surface area contributed by atoms with Gasteiger partial charge >= 0.3 is 0 Å². The summed E-state index contributed by atoms with van der Waals surface area (Å²) in [4.78, 5) is 15.4. The molecule has 0 saturated carbocycles. The molecule has 0 atom stereocenters. The molecule has 1 N–H and O–H groups in total. The predicted octanol–water partition coefficient (Wildman–Crippen LogP) is 6.57. The van der Waals surface area contributed by atoms with Gasteiger partial charge in [-0.05, 0) is 61.4 Å². The summed E-state index contributed by atoms with van der Waals surface area (Å²) >= 11 is 0. The van der Waals surface area contributed by atoms with Gasteiger partial charge in [0.2, 0.25) is 0 Å². The number of hydrogen-bond acceptors (Lipinski definition) is 5. The van der Waals surface area contributed by atoms with E-state index in [1.54, 1.807) is 12.1 Å². The first-order valence-corrected chi connectivity index (χ1v) is 12.1. The first kappa shape index (κ1) is 22.6. The van der Waals surface area contributed by atoms with E-state index in [-0.39, 0.29) is 5.91 Å². The van der Waals surface area contributed by atoms with E-state index in [4.69, 9.17) is 4.74 Å². The molecule has 6 nitrogen and oxygen atoms in total. The van der Waals surface area contributed by atoms with Crippen LogP contribution in [-0.4, -0.2) is 29.2 Å². The summed E-state index contributed by atoms with van der Waals surface area (Å²) in [5.41, 5.74) is 2.81. The zero-order valence-electron chi connectivity index (χ0n) is 19.6. The number of rotatable bonds is 6. The van der Waals surface area contributed by atoms with Crippen LogP contribution in [0, 0.1) is 0 Å². The molecule has 4 aromatic rings. The van der Waals surface area contributed by atoms with E-state index in [0.29, 0.717) is 22.7 Å². The van der Waals surface area contributed by atoms with Crippen LogP contribution in [0.25, 0.3) is 11.3 Å². The average molecular weight is 465 g/mol. The number of amides is 1. The molecule has 0 bridgehead atoms. The molecule has 5 rings (SSSR count). The van der Waals surface area contributed by atoms with Crippen LogP contribution in [0.5, 0.6) is 11.5 Å². The van der Waals surface area contributed by atoms with Crippen LogP contribution < -0.4 is 15.0 Å². The average Bonchev–Trinajstić information content (AvgIpc) is 3.20. The van der Waals surface area contributed by atoms with Crippen molar-refractivity contribution in [3.8, 4) is 22.8 Å². The minimum atomic E-state index is -0.240. The molecular formula is C29H28N4O2. The van der Waals surface area contributed by atoms with Crippen molar-refractivity contribution in [1.82, 2.24) is 10.2 Å². The number of anilines is 2. The van der Waals surface area contributed by atoms with Gasteiger partial charge in [0, 0.05) is 24.3 Å². The van der Waals surface area contributed by atoms with E-state index in [2.05, 4.69) is 20.4 Å². The fourth-order valence-electron chi connectivity index (χ4n) is 4.26. The summed E-state index contributed by atoms with van der Waals surface area (Å²) in [6.45, 7) is 2.07. The third kappa shape index (κ3) is 5.66. The molecule has 1 aliphatic rings. The summed E-state index contributed by atoms with van der Waals surface area (Å²) in [5.74, 6) is 1.87. The van der Waals surface area contributed by atoms with Crippen molar-refractivity contribution in [3.63, 3.8) is 0 Å². The number of benzene rings is 3. The lowest BCUT2D eigenvalue weighted by molar-refractivity contribution is 0.102. The van der Waals surface area contributed by atoms with Gasteiger partial charge in [-0.3, -0.25) is 4.79 Å². The van der Waals surface area contributed by atoms with E-state index in [1.807, 2.05) is 78.9 Å². The Balaban J connectivity index is 1.31. The Hall–Kier alpha value is -4.19. The fourth-order valence-corrected chi connectivity index (χ4v) is 4.26. The quantitative estimate of drug-likeness (QED) is 0.350. The van der Waals surface area contributed by atoms with E-state index in [0.717, 1.165) is 30.2 Å². The van der Waals surface area contributed by atoms with E-state index in [1.165, 1.54) is 25.7 Å². The van der Waals surface area contributed by atoms with Gasteiger partial charge in [0.25, 0.3) is 5.91 Å². The maximum atomic E-state index is 13.1. The molecule has 1 fully saturated rings. The molecule has 6 heteroatoms. The summed E-state index contributed by atoms with van der Waals surface area (Å²) in [6, 6.07) is 28.3. The Morgan fingerprint density at radius 3 is 2.31 bits per heavy atom. The van der Waals surface area contributed by atoms with Crippen molar-refractivity contribution in [1.29, 1.82) is 0 Å². The summed E-state index contributed by atoms with van der Waals surface area (Å²) in [7, 11) is 0. The lowest BCUT2D eigenvalue weighted by Gasteiger charge is -2.20. The van der Waals surface area contributed by atoms with Gasteiger partial charge in [-0.25, -0.2) is 0 Å². The van der Waals surface area contributed by atoms with Gasteiger partial charge < -0.3 is 15.0 Å². The molecule has 3 aromatic carbocycles. The highest BCUT2D eigenvalue weighted by Gasteiger charge is 2.15. The SMILES string of the molecule is O=C(Nc1cccc(-c2ccc(N3CCCCCC3)nn2)c1)c1ccccc1Oc1ccccc1. The van der Waals surface area contributed by atoms with Gasteiger partial charge in [0.1, 0.15) is 11.5 Å². The number of hydrogen-bond donors (Lipinski definition) is 1. The minimum Gasteiger partial charge on any atom is -0.457 e. The second kappa shape index (κ2) is 10.8. The number of carbonyl (C=O) groups is 1. The van der Waals surface area contributed by atoms with E-state index in [9.17, 15) is 4.79 Å². The van der Waals surface area contributed by atoms with Crippen molar-refractivity contribution in [2.24, 2.45) is 0 Å². The summed E-state index contributed by atoms with van der Waals surface area (Å²) < 4.78 is 5.95. The Labute approximate surface area is 205 Å². The molecule has 0 radical (unpaired) electrons. The molecule has 176 valence electrons. The van der Waals surface area contributed by atoms with Crippen molar-refractivity contribution < 1.29 is 9.53 Å². The Morgan fingerprint density at radius 1 is 0.771 bits per heavy atom. The van der Waals surface area contributed by atoms with Crippen LogP contribution in [0.1, 0.15) is 36.0 Å². The van der Waals surface area contributed by atoms with Crippen molar-refractivity contribution in [2.75, 3.05) is 23.3 Å². The molecule has 1 aromatic heterocycles. The minimum absolute atomic E-state index is 0.240. The monoisotopic (exact) mass is 464 g/mol. The van der Waals surface area contributed by atoms with Gasteiger partial charge in [-0.2, -0.15) is 0 Å². The van der Waals surface area contributed by atoms with Crippen LogP contribution in [0.4, 0.5) is 11.5 Å². The molecule has 2 heterocycles. The lowest BCUT2D eigenvalue weighted by Crippen LogP contribution is -2.25. The van der Waals surface area contributed by atoms with Gasteiger partial charge in [0.05, 0.1) is 11.3 Å². The normalized spacial score (nSPS) is 13.7. The van der Waals surface area contributed by atoms with Crippen LogP contribution in [0.15, 0.2) is 91.0 Å². The Morgan fingerprint density at radius 2 is 1.54 bits per heavy atom. The largest absolute Gasteiger partial charge is 0.457 e. The van der Waals surface area contributed by atoms with Crippen LogP contribution in [-0.2, 0) is 0 Å². The standard InChI is InChI=1S/C29H28N4O2/c34-29(25-15-6-7-16-27(25)35-24-13-4-3-5-14-24)30-23-12-10-11-22(21-23)26-17-18-28(32-31-26)33-19-8-1-2-9-20-33/h3-7,10-18,21H,1-2,8-9,19-20H2,(H,30,34). The zero-order valence-corrected chi connectivity index (χ0v) is 19.6. The predicted molar refractivity (Wildman–Crippen MR) is 139 cm³/mol. The molecule has 35 heavy (non-hydrogen) atoms. The van der Waals surface area contributed by atoms with Crippen molar-refractivity contribution in [3.05, 3.63) is 96.6 Å². The summed E-state index contributed by atoms with van der Waals surface area (Å²) in [5, 5.41) is 11.9. The maximum Gasteiger partial charge on any atom is 0.259 e. The molecule has 1 saturated heterocycles. The topological polar surface area (TPSA) is 67.4 Å². The second-order valence-corrected chi connectivity index (χ2v) is 8.62. The first-order valence-electron chi connectivity index (χ1n) is 12.1. The summed E-state index contributed by atoms with van der Waals surface area (Å²) in [6.07, 6.45) is 4.96. The van der Waals surface area contributed by atoms with Gasteiger partial charge in [-0.15, -0.1) is 10.2 Å². The third-order valence-corrected chi connectivity index (χ3v) is 6.10. The fraction of sp³-hybridized carbons (Fsp3) is 0.207. The highest BCUT2D eigenvalue weighted by Crippen LogP contribution is 2.27. The number of para-hydroxylation sites is 2. The van der Waals surface area contributed by atoms with Crippen molar-refractivity contribution >= 4 is 17.4 Å². The number of ether oxygens (including phenoxy) is 1. The Kier molecular flexibility index (Phi) is 6.99. The number of aromatic nitrogens is 2. The molecule has 1 aliphatic heterocycles. The lowest BCUT2D eigenvalue weighted by atomic mass is 10.1. The van der Waals surface area contributed by atoms with E-state index >= 15 is 0 Å². The molecular weight excluding hydrogens is 436 g/mol. The maximum absolute atomic E-state index is 13.1. The number of nitrogens with zero attached hydrogens (tertiary/aromatic N) is 3. The van der Waals surface area contributed by atoms with E-state index < -0.39 is 0 Å². The number of nitrogens with one attached hydrogen (secondary N) is 1. The molecule has 1 amide bonds. The smallest absolute Gasteiger partial charge is 0.259 e. The van der Waals surface area contributed by atoms with Crippen molar-refractivity contribution in [2.45, 2.75) is 25.7 Å². The zero-order chi connectivity index (χ0) is 23.9. The molecule has 0 aliphatic carbocycles. The number of carbonyl (C=O) groups excluding carboxylic acids is 1. The third-order valence-electron chi connectivity index (χ3n) is 6.10. The Bertz CT molecular complexity index is 1270. The molecule has 0 unspecified atom stereocenters.